The number of rotatable bonds is 4. The van der Waals surface area contributed by atoms with E-state index in [9.17, 15) is 17.6 Å². The molecule has 0 saturated heterocycles. The second kappa shape index (κ2) is 5.80. The zero-order valence-electron chi connectivity index (χ0n) is 12.7. The van der Waals surface area contributed by atoms with Gasteiger partial charge >= 0.3 is 6.18 Å². The van der Waals surface area contributed by atoms with Crippen molar-refractivity contribution in [3.05, 3.63) is 29.8 Å². The number of alkyl halides is 3. The molecule has 0 spiro atoms. The molecular formula is C15H12F4N4OS. The molecular weight excluding hydrogens is 360 g/mol. The number of halogens is 4. The van der Waals surface area contributed by atoms with Gasteiger partial charge in [0.15, 0.2) is 5.65 Å². The molecule has 4 rings (SSSR count). The van der Waals surface area contributed by atoms with Gasteiger partial charge in [-0.2, -0.15) is 13.2 Å². The van der Waals surface area contributed by atoms with Gasteiger partial charge in [-0.15, -0.1) is 22.0 Å². The van der Waals surface area contributed by atoms with E-state index in [-0.39, 0.29) is 29.2 Å². The highest BCUT2D eigenvalue weighted by atomic mass is 32.2. The van der Waals surface area contributed by atoms with Crippen LogP contribution < -0.4 is 0 Å². The van der Waals surface area contributed by atoms with Gasteiger partial charge < -0.3 is 5.11 Å². The number of aliphatic hydroxyl groups is 1. The number of hydrogen-bond acceptors (Lipinski definition) is 5. The van der Waals surface area contributed by atoms with Crippen LogP contribution in [0, 0.1) is 17.7 Å². The van der Waals surface area contributed by atoms with Crippen molar-refractivity contribution in [1.29, 1.82) is 0 Å². The third kappa shape index (κ3) is 2.93. The minimum Gasteiger partial charge on any atom is -0.396 e. The first-order valence-corrected chi connectivity index (χ1v) is 8.52. The molecule has 132 valence electrons. The van der Waals surface area contributed by atoms with Gasteiger partial charge in [-0.3, -0.25) is 4.40 Å². The number of hydrogen-bond donors (Lipinski definition) is 1. The number of benzene rings is 1. The Morgan fingerprint density at radius 1 is 1.24 bits per heavy atom. The summed E-state index contributed by atoms with van der Waals surface area (Å²) < 4.78 is 54.1. The molecule has 0 amide bonds. The number of aromatic nitrogens is 4. The van der Waals surface area contributed by atoms with Crippen LogP contribution in [0.5, 0.6) is 0 Å². The zero-order chi connectivity index (χ0) is 17.8. The average Bonchev–Trinajstić information content (AvgIpc) is 3.16. The molecule has 0 bridgehead atoms. The van der Waals surface area contributed by atoms with Gasteiger partial charge in [0.25, 0.3) is 0 Å². The first-order valence-electron chi connectivity index (χ1n) is 7.53. The number of aliphatic hydroxyl groups excluding tert-OH is 1. The Hall–Kier alpha value is -1.94. The Bertz CT molecular complexity index is 958. The molecule has 1 aliphatic carbocycles. The van der Waals surface area contributed by atoms with E-state index in [1.807, 2.05) is 0 Å². The van der Waals surface area contributed by atoms with Crippen LogP contribution in [0.4, 0.5) is 17.6 Å². The van der Waals surface area contributed by atoms with Gasteiger partial charge in [0, 0.05) is 18.4 Å². The standard InChI is InChI=1S/C15H12F4N4OS/c16-9-1-2-10-11(4-9)23-12(21-22-14(23)15(17,18)19)13(20-10)25-6-8-3-7(8)5-24/h1-2,4,7-8,24H,3,5-6H2/t7-,8-/m0/s1. The predicted octanol–water partition coefficient (Wildman–Crippen LogP) is 3.16. The highest BCUT2D eigenvalue weighted by Crippen LogP contribution is 2.42. The van der Waals surface area contributed by atoms with Crippen molar-refractivity contribution in [3.8, 4) is 0 Å². The predicted molar refractivity (Wildman–Crippen MR) is 82.7 cm³/mol. The minimum absolute atomic E-state index is 0.0312. The third-order valence-corrected chi connectivity index (χ3v) is 5.39. The number of nitrogens with zero attached hydrogens (tertiary/aromatic N) is 4. The van der Waals surface area contributed by atoms with Gasteiger partial charge in [0.2, 0.25) is 5.82 Å². The molecule has 0 radical (unpaired) electrons. The van der Waals surface area contributed by atoms with E-state index in [1.54, 1.807) is 0 Å². The molecule has 25 heavy (non-hydrogen) atoms. The Morgan fingerprint density at radius 2 is 2.04 bits per heavy atom. The molecule has 1 aliphatic rings. The second-order valence-electron chi connectivity index (χ2n) is 5.98. The van der Waals surface area contributed by atoms with Crippen LogP contribution in [0.3, 0.4) is 0 Å². The van der Waals surface area contributed by atoms with Crippen molar-refractivity contribution < 1.29 is 22.7 Å². The Labute approximate surface area is 143 Å². The monoisotopic (exact) mass is 372 g/mol. The van der Waals surface area contributed by atoms with Crippen LogP contribution in [0.15, 0.2) is 23.2 Å². The lowest BCUT2D eigenvalue weighted by Gasteiger charge is -2.10. The Balaban J connectivity index is 1.85. The lowest BCUT2D eigenvalue weighted by molar-refractivity contribution is -0.145. The summed E-state index contributed by atoms with van der Waals surface area (Å²) in [4.78, 5) is 4.33. The molecule has 2 atom stereocenters. The molecule has 1 fully saturated rings. The van der Waals surface area contributed by atoms with Gasteiger partial charge in [0.05, 0.1) is 11.0 Å². The molecule has 0 aliphatic heterocycles. The van der Waals surface area contributed by atoms with E-state index in [4.69, 9.17) is 5.11 Å². The Kier molecular flexibility index (Phi) is 3.84. The summed E-state index contributed by atoms with van der Waals surface area (Å²) >= 11 is 1.28. The van der Waals surface area contributed by atoms with Crippen molar-refractivity contribution >= 4 is 28.4 Å². The summed E-state index contributed by atoms with van der Waals surface area (Å²) in [5, 5.41) is 16.3. The molecule has 1 N–H and O–H groups in total. The first kappa shape index (κ1) is 16.5. The van der Waals surface area contributed by atoms with Crippen molar-refractivity contribution in [2.45, 2.75) is 17.6 Å². The maximum Gasteiger partial charge on any atom is 0.452 e. The minimum atomic E-state index is -4.72. The van der Waals surface area contributed by atoms with E-state index in [0.29, 0.717) is 16.7 Å². The van der Waals surface area contributed by atoms with Crippen LogP contribution in [-0.4, -0.2) is 37.0 Å². The van der Waals surface area contributed by atoms with Crippen molar-refractivity contribution in [2.75, 3.05) is 12.4 Å². The fourth-order valence-corrected chi connectivity index (χ4v) is 3.99. The fourth-order valence-electron chi connectivity index (χ4n) is 2.79. The summed E-state index contributed by atoms with van der Waals surface area (Å²) in [6.07, 6.45) is -3.83. The second-order valence-corrected chi connectivity index (χ2v) is 6.99. The Morgan fingerprint density at radius 3 is 2.72 bits per heavy atom. The lowest BCUT2D eigenvalue weighted by atomic mass is 10.3. The quantitative estimate of drug-likeness (QED) is 0.563. The van der Waals surface area contributed by atoms with Crippen LogP contribution >= 0.6 is 11.8 Å². The summed E-state index contributed by atoms with van der Waals surface area (Å²) in [7, 11) is 0. The summed E-state index contributed by atoms with van der Waals surface area (Å²) in [5.41, 5.74) is 0.157. The van der Waals surface area contributed by atoms with E-state index in [0.717, 1.165) is 23.0 Å². The molecule has 3 aromatic rings. The molecule has 0 unspecified atom stereocenters. The van der Waals surface area contributed by atoms with Crippen molar-refractivity contribution in [2.24, 2.45) is 11.8 Å². The van der Waals surface area contributed by atoms with Crippen LogP contribution in [-0.2, 0) is 6.18 Å². The molecule has 10 heteroatoms. The highest BCUT2D eigenvalue weighted by molar-refractivity contribution is 7.99. The summed E-state index contributed by atoms with van der Waals surface area (Å²) in [5.74, 6) is -0.703. The SMILES string of the molecule is OC[C@@H]1C[C@H]1CSc1nc2ccc(F)cc2n2c(C(F)(F)F)nnc12. The first-order chi connectivity index (χ1) is 11.9. The van der Waals surface area contributed by atoms with Crippen LogP contribution in [0.2, 0.25) is 0 Å². The maximum atomic E-state index is 13.6. The van der Waals surface area contributed by atoms with Gasteiger partial charge in [-0.25, -0.2) is 9.37 Å². The topological polar surface area (TPSA) is 63.3 Å². The van der Waals surface area contributed by atoms with Crippen molar-refractivity contribution in [3.63, 3.8) is 0 Å². The van der Waals surface area contributed by atoms with Gasteiger partial charge in [-0.1, -0.05) is 0 Å². The summed E-state index contributed by atoms with van der Waals surface area (Å²) in [6.45, 7) is 0.105. The van der Waals surface area contributed by atoms with E-state index < -0.39 is 17.8 Å². The van der Waals surface area contributed by atoms with Crippen molar-refractivity contribution in [1.82, 2.24) is 19.6 Å². The fraction of sp³-hybridized carbons (Fsp3) is 0.400. The van der Waals surface area contributed by atoms with Gasteiger partial charge in [0.1, 0.15) is 10.8 Å². The number of thioether (sulfide) groups is 1. The van der Waals surface area contributed by atoms with E-state index in [1.165, 1.54) is 17.8 Å². The molecule has 5 nitrogen and oxygen atoms in total. The molecule has 2 heterocycles. The average molecular weight is 372 g/mol. The molecule has 1 aromatic carbocycles. The summed E-state index contributed by atoms with van der Waals surface area (Å²) in [6, 6.07) is 3.48. The third-order valence-electron chi connectivity index (χ3n) is 4.25. The maximum absolute atomic E-state index is 13.6. The normalized spacial score (nSPS) is 20.5. The van der Waals surface area contributed by atoms with E-state index in [2.05, 4.69) is 15.2 Å². The van der Waals surface area contributed by atoms with Gasteiger partial charge in [-0.05, 0) is 30.4 Å². The smallest absolute Gasteiger partial charge is 0.396 e. The highest BCUT2D eigenvalue weighted by Gasteiger charge is 2.39. The largest absolute Gasteiger partial charge is 0.452 e. The molecule has 1 saturated carbocycles. The molecule has 2 aromatic heterocycles. The number of fused-ring (bicyclic) bond motifs is 3. The lowest BCUT2D eigenvalue weighted by Crippen LogP contribution is -2.12. The van der Waals surface area contributed by atoms with Crippen LogP contribution in [0.25, 0.3) is 16.7 Å². The van der Waals surface area contributed by atoms with E-state index >= 15 is 0 Å². The van der Waals surface area contributed by atoms with Crippen LogP contribution in [0.1, 0.15) is 12.2 Å². The zero-order valence-corrected chi connectivity index (χ0v) is 13.5.